The average molecular weight is 628 g/mol. The summed E-state index contributed by atoms with van der Waals surface area (Å²) in [5.74, 6) is 1.16. The number of ether oxygens (including phenoxy) is 3. The number of benzene rings is 2. The third-order valence-electron chi connectivity index (χ3n) is 6.91. The van der Waals surface area contributed by atoms with Gasteiger partial charge in [-0.3, -0.25) is 9.36 Å². The molecule has 7 nitrogen and oxygen atoms in total. The van der Waals surface area contributed by atoms with Crippen LogP contribution in [0.3, 0.4) is 0 Å². The van der Waals surface area contributed by atoms with Gasteiger partial charge in [0.1, 0.15) is 17.5 Å². The van der Waals surface area contributed by atoms with Crippen LogP contribution in [-0.2, 0) is 9.53 Å². The monoisotopic (exact) mass is 626 g/mol. The minimum Gasteiger partial charge on any atom is -0.496 e. The molecule has 0 spiro atoms. The molecular formula is C31H35BrN2O5S. The molecule has 212 valence electrons. The number of methoxy groups -OCH3 is 2. The zero-order valence-electron chi connectivity index (χ0n) is 24.0. The van der Waals surface area contributed by atoms with Crippen molar-refractivity contribution in [1.29, 1.82) is 0 Å². The van der Waals surface area contributed by atoms with E-state index in [2.05, 4.69) is 35.8 Å². The fraction of sp³-hybridized carbons (Fsp3) is 0.387. The van der Waals surface area contributed by atoms with Gasteiger partial charge in [-0.15, -0.1) is 0 Å². The van der Waals surface area contributed by atoms with Crippen LogP contribution in [0.5, 0.6) is 11.5 Å². The van der Waals surface area contributed by atoms with Crippen LogP contribution in [0.2, 0.25) is 0 Å². The van der Waals surface area contributed by atoms with Gasteiger partial charge in [-0.1, -0.05) is 54.5 Å². The van der Waals surface area contributed by atoms with Gasteiger partial charge in [0.05, 0.1) is 36.6 Å². The van der Waals surface area contributed by atoms with Crippen molar-refractivity contribution in [2.24, 2.45) is 4.99 Å². The SMILES string of the molecule is CCCC1=C(C(=O)OCC)[C@@H](c2cc(Br)ccc2OC)n2c(s/c(=C\c3cc(C(C)C)c(OC)cc3C)c2=O)=N1. The highest BCUT2D eigenvalue weighted by molar-refractivity contribution is 9.10. The summed E-state index contributed by atoms with van der Waals surface area (Å²) in [5.41, 5.74) is 4.44. The van der Waals surface area contributed by atoms with E-state index in [1.807, 2.05) is 44.2 Å². The van der Waals surface area contributed by atoms with Gasteiger partial charge < -0.3 is 14.2 Å². The lowest BCUT2D eigenvalue weighted by Gasteiger charge is -2.27. The number of esters is 1. The maximum Gasteiger partial charge on any atom is 0.338 e. The standard InChI is InChI=1S/C31H35BrN2O5S/c1-8-10-23-27(30(36)39-9-2)28(22-16-20(32)11-12-24(22)37-6)34-29(35)26(40-31(34)33-23)15-19-14-21(17(3)4)25(38-7)13-18(19)5/h11-17,28H,8-10H2,1-7H3/b26-15-/t28-/m1/s1. The number of carbonyl (C=O) groups excluding carboxylic acids is 1. The number of fused-ring (bicyclic) bond motifs is 1. The first-order valence-electron chi connectivity index (χ1n) is 13.4. The Labute approximate surface area is 246 Å². The molecule has 0 saturated heterocycles. The Hall–Kier alpha value is -3.17. The number of allylic oxidation sites excluding steroid dienone is 1. The molecule has 0 unspecified atom stereocenters. The summed E-state index contributed by atoms with van der Waals surface area (Å²) in [5, 5.41) is 0. The first-order chi connectivity index (χ1) is 19.1. The molecule has 1 aliphatic heterocycles. The summed E-state index contributed by atoms with van der Waals surface area (Å²) in [6.45, 7) is 10.2. The normalized spacial score (nSPS) is 15.2. The number of nitrogens with zero attached hydrogens (tertiary/aromatic N) is 2. The molecule has 0 radical (unpaired) electrons. The van der Waals surface area contributed by atoms with E-state index in [0.29, 0.717) is 38.3 Å². The van der Waals surface area contributed by atoms with Crippen molar-refractivity contribution in [1.82, 2.24) is 4.57 Å². The zero-order valence-corrected chi connectivity index (χ0v) is 26.4. The van der Waals surface area contributed by atoms with Gasteiger partial charge in [0.15, 0.2) is 4.80 Å². The maximum atomic E-state index is 14.2. The Balaban J connectivity index is 2.05. The zero-order chi connectivity index (χ0) is 29.1. The van der Waals surface area contributed by atoms with Crippen molar-refractivity contribution in [3.8, 4) is 11.5 Å². The van der Waals surface area contributed by atoms with Gasteiger partial charge in [-0.25, -0.2) is 9.79 Å². The largest absolute Gasteiger partial charge is 0.496 e. The van der Waals surface area contributed by atoms with Crippen molar-refractivity contribution in [2.45, 2.75) is 59.4 Å². The van der Waals surface area contributed by atoms with E-state index in [1.54, 1.807) is 25.7 Å². The minimum absolute atomic E-state index is 0.212. The molecule has 2 heterocycles. The highest BCUT2D eigenvalue weighted by Crippen LogP contribution is 2.38. The van der Waals surface area contributed by atoms with Gasteiger partial charge in [-0.05, 0) is 79.3 Å². The Morgan fingerprint density at radius 3 is 2.50 bits per heavy atom. The lowest BCUT2D eigenvalue weighted by atomic mass is 9.93. The topological polar surface area (TPSA) is 79.1 Å². The molecule has 0 bridgehead atoms. The summed E-state index contributed by atoms with van der Waals surface area (Å²) < 4.78 is 19.8. The molecule has 0 fully saturated rings. The number of carbonyl (C=O) groups is 1. The van der Waals surface area contributed by atoms with Gasteiger partial charge in [0.25, 0.3) is 5.56 Å². The number of thiazole rings is 1. The fourth-order valence-electron chi connectivity index (χ4n) is 4.97. The van der Waals surface area contributed by atoms with Gasteiger partial charge in [-0.2, -0.15) is 0 Å². The Morgan fingerprint density at radius 1 is 1.15 bits per heavy atom. The Morgan fingerprint density at radius 2 is 1.88 bits per heavy atom. The van der Waals surface area contributed by atoms with Crippen molar-refractivity contribution in [3.05, 3.63) is 88.0 Å². The van der Waals surface area contributed by atoms with E-state index < -0.39 is 12.0 Å². The van der Waals surface area contributed by atoms with E-state index in [9.17, 15) is 9.59 Å². The molecule has 1 aromatic heterocycles. The van der Waals surface area contributed by atoms with Crippen LogP contribution in [-0.4, -0.2) is 31.4 Å². The lowest BCUT2D eigenvalue weighted by Crippen LogP contribution is -2.40. The van der Waals surface area contributed by atoms with E-state index >= 15 is 0 Å². The van der Waals surface area contributed by atoms with Crippen molar-refractivity contribution < 1.29 is 19.0 Å². The molecule has 1 atom stereocenters. The quantitative estimate of drug-likeness (QED) is 0.281. The summed E-state index contributed by atoms with van der Waals surface area (Å²) in [6, 6.07) is 8.91. The van der Waals surface area contributed by atoms with Gasteiger partial charge in [0, 0.05) is 10.0 Å². The van der Waals surface area contributed by atoms with E-state index in [4.69, 9.17) is 19.2 Å². The Kier molecular flexibility index (Phi) is 9.36. The van der Waals surface area contributed by atoms with E-state index in [1.165, 1.54) is 11.3 Å². The highest BCUT2D eigenvalue weighted by atomic mass is 79.9. The molecule has 0 N–H and O–H groups in total. The summed E-state index contributed by atoms with van der Waals surface area (Å²) in [4.78, 5) is 33.0. The van der Waals surface area contributed by atoms with Crippen LogP contribution in [0.25, 0.3) is 6.08 Å². The predicted octanol–water partition coefficient (Wildman–Crippen LogP) is 5.79. The number of aromatic nitrogens is 1. The van der Waals surface area contributed by atoms with Crippen LogP contribution in [0.4, 0.5) is 0 Å². The second-order valence-electron chi connectivity index (χ2n) is 9.91. The van der Waals surface area contributed by atoms with Gasteiger partial charge >= 0.3 is 5.97 Å². The molecule has 2 aromatic carbocycles. The second kappa shape index (κ2) is 12.6. The molecule has 9 heteroatoms. The molecule has 0 saturated carbocycles. The molecule has 1 aliphatic rings. The predicted molar refractivity (Wildman–Crippen MR) is 162 cm³/mol. The van der Waals surface area contributed by atoms with E-state index in [0.717, 1.165) is 33.3 Å². The molecule has 0 amide bonds. The van der Waals surface area contributed by atoms with Crippen molar-refractivity contribution in [2.75, 3.05) is 20.8 Å². The molecule has 40 heavy (non-hydrogen) atoms. The number of rotatable bonds is 9. The summed E-state index contributed by atoms with van der Waals surface area (Å²) >= 11 is 4.88. The van der Waals surface area contributed by atoms with Crippen LogP contribution < -0.4 is 24.4 Å². The molecular weight excluding hydrogens is 592 g/mol. The summed E-state index contributed by atoms with van der Waals surface area (Å²) in [7, 11) is 3.25. The number of aryl methyl sites for hydroxylation is 1. The Bertz CT molecular complexity index is 1650. The van der Waals surface area contributed by atoms with Gasteiger partial charge in [0.2, 0.25) is 0 Å². The first kappa shape index (κ1) is 29.8. The van der Waals surface area contributed by atoms with Crippen molar-refractivity contribution in [3.63, 3.8) is 0 Å². The average Bonchev–Trinajstić information content (AvgIpc) is 3.23. The molecule has 3 aromatic rings. The third-order valence-corrected chi connectivity index (χ3v) is 8.38. The maximum absolute atomic E-state index is 14.2. The highest BCUT2D eigenvalue weighted by Gasteiger charge is 2.36. The molecule has 0 aliphatic carbocycles. The van der Waals surface area contributed by atoms with Crippen LogP contribution in [0.1, 0.15) is 74.8 Å². The number of halogens is 1. The number of hydrogen-bond donors (Lipinski definition) is 0. The van der Waals surface area contributed by atoms with Crippen LogP contribution in [0.15, 0.2) is 55.9 Å². The lowest BCUT2D eigenvalue weighted by molar-refractivity contribution is -0.139. The smallest absolute Gasteiger partial charge is 0.338 e. The minimum atomic E-state index is -0.755. The number of hydrogen-bond acceptors (Lipinski definition) is 7. The first-order valence-corrected chi connectivity index (χ1v) is 15.0. The van der Waals surface area contributed by atoms with Crippen LogP contribution >= 0.6 is 27.3 Å². The van der Waals surface area contributed by atoms with Crippen molar-refractivity contribution >= 4 is 39.3 Å². The molecule has 4 rings (SSSR count). The third kappa shape index (κ3) is 5.67. The second-order valence-corrected chi connectivity index (χ2v) is 11.8. The van der Waals surface area contributed by atoms with E-state index in [-0.39, 0.29) is 18.1 Å². The van der Waals surface area contributed by atoms with Crippen LogP contribution in [0, 0.1) is 6.92 Å². The summed E-state index contributed by atoms with van der Waals surface area (Å²) in [6.07, 6.45) is 3.26. The fourth-order valence-corrected chi connectivity index (χ4v) is 6.36.